The highest BCUT2D eigenvalue weighted by atomic mass is 16.5. The molecule has 7 nitrogen and oxygen atoms in total. The molecular formula is C19H24N2O5. The van der Waals surface area contributed by atoms with Gasteiger partial charge < -0.3 is 19.2 Å². The summed E-state index contributed by atoms with van der Waals surface area (Å²) in [6.45, 7) is 2.60. The number of aromatic nitrogens is 1. The van der Waals surface area contributed by atoms with Crippen molar-refractivity contribution in [2.75, 3.05) is 25.6 Å². The number of methoxy groups -OCH3 is 1. The topological polar surface area (TPSA) is 90.7 Å². The van der Waals surface area contributed by atoms with Crippen LogP contribution in [0.2, 0.25) is 0 Å². The Hall–Kier alpha value is -2.83. The Morgan fingerprint density at radius 3 is 2.62 bits per heavy atom. The molecule has 26 heavy (non-hydrogen) atoms. The van der Waals surface area contributed by atoms with Crippen molar-refractivity contribution in [1.82, 2.24) is 4.98 Å². The molecular weight excluding hydrogens is 336 g/mol. The van der Waals surface area contributed by atoms with E-state index in [0.717, 1.165) is 24.8 Å². The highest BCUT2D eigenvalue weighted by molar-refractivity contribution is 5.92. The van der Waals surface area contributed by atoms with Gasteiger partial charge in [-0.3, -0.25) is 4.79 Å². The Bertz CT molecular complexity index is 712. The Balaban J connectivity index is 1.98. The minimum atomic E-state index is -0.522. The maximum atomic E-state index is 12.1. The average molecular weight is 360 g/mol. The molecule has 0 saturated heterocycles. The summed E-state index contributed by atoms with van der Waals surface area (Å²) < 4.78 is 15.4. The Morgan fingerprint density at radius 2 is 1.92 bits per heavy atom. The molecule has 0 fully saturated rings. The first-order chi connectivity index (χ1) is 12.7. The molecule has 140 valence electrons. The van der Waals surface area contributed by atoms with Gasteiger partial charge in [0.1, 0.15) is 0 Å². The molecule has 1 aromatic carbocycles. The molecule has 2 aromatic rings. The van der Waals surface area contributed by atoms with Crippen molar-refractivity contribution in [1.29, 1.82) is 0 Å². The SMILES string of the molecule is CCOC(=O)c1nc(-c2ccccc2)oc1NCCCCCC(=O)OC. The van der Waals surface area contributed by atoms with E-state index in [2.05, 4.69) is 15.0 Å². The lowest BCUT2D eigenvalue weighted by atomic mass is 10.2. The van der Waals surface area contributed by atoms with Gasteiger partial charge in [0.05, 0.1) is 13.7 Å². The Morgan fingerprint density at radius 1 is 1.15 bits per heavy atom. The molecule has 1 N–H and O–H groups in total. The normalized spacial score (nSPS) is 10.4. The average Bonchev–Trinajstić information content (AvgIpc) is 3.09. The molecule has 0 atom stereocenters. The van der Waals surface area contributed by atoms with Gasteiger partial charge in [0.2, 0.25) is 17.5 Å². The van der Waals surface area contributed by atoms with E-state index < -0.39 is 5.97 Å². The van der Waals surface area contributed by atoms with Crippen LogP contribution in [0.25, 0.3) is 11.5 Å². The lowest BCUT2D eigenvalue weighted by Crippen LogP contribution is -2.10. The lowest BCUT2D eigenvalue weighted by Gasteiger charge is -2.05. The minimum absolute atomic E-state index is 0.139. The quantitative estimate of drug-likeness (QED) is 0.511. The van der Waals surface area contributed by atoms with Gasteiger partial charge in [0.25, 0.3) is 0 Å². The van der Waals surface area contributed by atoms with Gasteiger partial charge in [-0.05, 0) is 31.9 Å². The van der Waals surface area contributed by atoms with Crippen molar-refractivity contribution in [3.05, 3.63) is 36.0 Å². The molecule has 0 aliphatic carbocycles. The maximum absolute atomic E-state index is 12.1. The fraction of sp³-hybridized carbons (Fsp3) is 0.421. The first kappa shape index (κ1) is 19.5. The molecule has 0 aliphatic heterocycles. The summed E-state index contributed by atoms with van der Waals surface area (Å²) in [6, 6.07) is 9.36. The largest absolute Gasteiger partial charge is 0.469 e. The number of rotatable bonds is 10. The number of ether oxygens (including phenoxy) is 2. The predicted octanol–water partition coefficient (Wildman–Crippen LogP) is 3.66. The number of oxazole rings is 1. The third kappa shape index (κ3) is 5.61. The van der Waals surface area contributed by atoms with Crippen LogP contribution < -0.4 is 5.32 Å². The van der Waals surface area contributed by atoms with Gasteiger partial charge in [0.15, 0.2) is 0 Å². The maximum Gasteiger partial charge on any atom is 0.362 e. The van der Waals surface area contributed by atoms with Crippen molar-refractivity contribution >= 4 is 17.8 Å². The first-order valence-corrected chi connectivity index (χ1v) is 8.69. The van der Waals surface area contributed by atoms with Gasteiger partial charge in [0, 0.05) is 18.5 Å². The zero-order valence-electron chi connectivity index (χ0n) is 15.1. The molecule has 0 aliphatic rings. The van der Waals surface area contributed by atoms with Gasteiger partial charge in [-0.2, -0.15) is 4.98 Å². The highest BCUT2D eigenvalue weighted by Crippen LogP contribution is 2.26. The number of carbonyl (C=O) groups is 2. The van der Waals surface area contributed by atoms with Gasteiger partial charge in [-0.15, -0.1) is 0 Å². The predicted molar refractivity (Wildman–Crippen MR) is 96.9 cm³/mol. The Kier molecular flexibility index (Phi) is 7.67. The van der Waals surface area contributed by atoms with Crippen molar-refractivity contribution in [2.24, 2.45) is 0 Å². The number of unbranched alkanes of at least 4 members (excludes halogenated alkanes) is 2. The standard InChI is InChI=1S/C19H24N2O5/c1-3-25-19(23)16-18(20-13-9-5-8-12-15(22)24-2)26-17(21-16)14-10-6-4-7-11-14/h4,6-7,10-11,20H,3,5,8-9,12-13H2,1-2H3. The number of hydrogen-bond donors (Lipinski definition) is 1. The summed E-state index contributed by atoms with van der Waals surface area (Å²) in [6.07, 6.45) is 2.84. The second kappa shape index (κ2) is 10.2. The van der Waals surface area contributed by atoms with Crippen molar-refractivity contribution in [3.63, 3.8) is 0 Å². The number of carbonyl (C=O) groups excluding carboxylic acids is 2. The molecule has 0 saturated carbocycles. The van der Waals surface area contributed by atoms with Gasteiger partial charge >= 0.3 is 11.9 Å². The van der Waals surface area contributed by atoms with E-state index in [1.165, 1.54) is 7.11 Å². The van der Waals surface area contributed by atoms with Crippen LogP contribution >= 0.6 is 0 Å². The first-order valence-electron chi connectivity index (χ1n) is 8.69. The van der Waals surface area contributed by atoms with E-state index in [4.69, 9.17) is 9.15 Å². The molecule has 1 aromatic heterocycles. The van der Waals surface area contributed by atoms with Crippen LogP contribution in [-0.4, -0.2) is 37.2 Å². The summed E-state index contributed by atoms with van der Waals surface area (Å²) in [7, 11) is 1.38. The number of anilines is 1. The molecule has 0 unspecified atom stereocenters. The summed E-state index contributed by atoms with van der Waals surface area (Å²) in [5.41, 5.74) is 0.921. The monoisotopic (exact) mass is 360 g/mol. The Labute approximate surface area is 152 Å². The zero-order valence-corrected chi connectivity index (χ0v) is 15.1. The number of nitrogens with one attached hydrogen (secondary N) is 1. The number of hydrogen-bond acceptors (Lipinski definition) is 7. The second-order valence-corrected chi connectivity index (χ2v) is 5.60. The minimum Gasteiger partial charge on any atom is -0.469 e. The van der Waals surface area contributed by atoms with E-state index in [1.807, 2.05) is 30.3 Å². The molecule has 2 rings (SSSR count). The molecule has 7 heteroatoms. The summed E-state index contributed by atoms with van der Waals surface area (Å²) in [5, 5.41) is 3.10. The van der Waals surface area contributed by atoms with E-state index in [9.17, 15) is 9.59 Å². The number of nitrogens with zero attached hydrogens (tertiary/aromatic N) is 1. The van der Waals surface area contributed by atoms with E-state index in [1.54, 1.807) is 6.92 Å². The van der Waals surface area contributed by atoms with Crippen LogP contribution in [0.5, 0.6) is 0 Å². The molecule has 1 heterocycles. The fourth-order valence-electron chi connectivity index (χ4n) is 2.36. The smallest absolute Gasteiger partial charge is 0.362 e. The fourth-order valence-corrected chi connectivity index (χ4v) is 2.36. The van der Waals surface area contributed by atoms with Gasteiger partial charge in [-0.25, -0.2) is 4.79 Å². The third-order valence-electron chi connectivity index (χ3n) is 3.69. The van der Waals surface area contributed by atoms with Crippen molar-refractivity contribution in [3.8, 4) is 11.5 Å². The lowest BCUT2D eigenvalue weighted by molar-refractivity contribution is -0.140. The van der Waals surface area contributed by atoms with Crippen LogP contribution in [0.15, 0.2) is 34.7 Å². The zero-order chi connectivity index (χ0) is 18.8. The number of esters is 2. The van der Waals surface area contributed by atoms with Crippen LogP contribution in [0.4, 0.5) is 5.88 Å². The summed E-state index contributed by atoms with van der Waals surface area (Å²) in [4.78, 5) is 27.5. The molecule has 0 bridgehead atoms. The van der Waals surface area contributed by atoms with Crippen molar-refractivity contribution in [2.45, 2.75) is 32.6 Å². The number of benzene rings is 1. The second-order valence-electron chi connectivity index (χ2n) is 5.60. The van der Waals surface area contributed by atoms with E-state index in [-0.39, 0.29) is 18.3 Å². The van der Waals surface area contributed by atoms with Crippen LogP contribution in [0, 0.1) is 0 Å². The molecule has 0 spiro atoms. The van der Waals surface area contributed by atoms with E-state index >= 15 is 0 Å². The summed E-state index contributed by atoms with van der Waals surface area (Å²) >= 11 is 0. The van der Waals surface area contributed by atoms with E-state index in [0.29, 0.717) is 24.7 Å². The van der Waals surface area contributed by atoms with Crippen LogP contribution in [0.1, 0.15) is 43.1 Å². The highest BCUT2D eigenvalue weighted by Gasteiger charge is 2.21. The summed E-state index contributed by atoms with van der Waals surface area (Å²) in [5.74, 6) is -0.0611. The van der Waals surface area contributed by atoms with Crippen LogP contribution in [0.3, 0.4) is 0 Å². The molecule has 0 amide bonds. The van der Waals surface area contributed by atoms with Gasteiger partial charge in [-0.1, -0.05) is 24.6 Å². The van der Waals surface area contributed by atoms with Crippen molar-refractivity contribution < 1.29 is 23.5 Å². The molecule has 0 radical (unpaired) electrons. The third-order valence-corrected chi connectivity index (χ3v) is 3.69. The van der Waals surface area contributed by atoms with Crippen LogP contribution in [-0.2, 0) is 14.3 Å².